The van der Waals surface area contributed by atoms with Crippen molar-refractivity contribution in [2.75, 3.05) is 29.6 Å². The van der Waals surface area contributed by atoms with Crippen molar-refractivity contribution in [1.82, 2.24) is 5.32 Å². The van der Waals surface area contributed by atoms with Crippen LogP contribution in [0.1, 0.15) is 121 Å². The summed E-state index contributed by atoms with van der Waals surface area (Å²) in [4.78, 5) is 26.0. The fourth-order valence-electron chi connectivity index (χ4n) is 4.11. The molecule has 0 saturated heterocycles. The zero-order valence-electron chi connectivity index (χ0n) is 22.6. The van der Waals surface area contributed by atoms with E-state index in [4.69, 9.17) is 0 Å². The van der Waals surface area contributed by atoms with E-state index in [1.165, 1.54) is 77.0 Å². The van der Waals surface area contributed by atoms with Crippen LogP contribution in [-0.4, -0.2) is 36.1 Å². The second kappa shape index (κ2) is 22.1. The van der Waals surface area contributed by atoms with Crippen LogP contribution in [0.2, 0.25) is 0 Å². The van der Waals surface area contributed by atoms with Gasteiger partial charge in [-0.3, -0.25) is 9.59 Å². The third-order valence-electron chi connectivity index (χ3n) is 6.16. The first-order chi connectivity index (χ1) is 17.1. The molecule has 0 radical (unpaired) electrons. The molecule has 0 bridgehead atoms. The average Bonchev–Trinajstić information content (AvgIpc) is 2.85. The Hall–Kier alpha value is -1.14. The number of unbranched alkanes of at least 4 members (excludes halogenated alkanes) is 13. The number of nitrogens with one attached hydrogen (secondary N) is 2. The van der Waals surface area contributed by atoms with Crippen molar-refractivity contribution >= 4 is 41.0 Å². The Balaban J connectivity index is 2.22. The molecule has 1 rings (SSSR count). The number of amides is 2. The van der Waals surface area contributed by atoms with Crippen LogP contribution < -0.4 is 10.6 Å². The lowest BCUT2D eigenvalue weighted by Crippen LogP contribution is -2.25. The van der Waals surface area contributed by atoms with Gasteiger partial charge in [-0.2, -0.15) is 11.8 Å². The van der Waals surface area contributed by atoms with Gasteiger partial charge in [0.25, 0.3) is 5.91 Å². The van der Waals surface area contributed by atoms with Crippen molar-refractivity contribution in [2.45, 2.75) is 115 Å². The van der Waals surface area contributed by atoms with Crippen LogP contribution in [0.3, 0.4) is 0 Å². The van der Waals surface area contributed by atoms with Gasteiger partial charge in [-0.1, -0.05) is 97.3 Å². The largest absolute Gasteiger partial charge is 0.351 e. The summed E-state index contributed by atoms with van der Waals surface area (Å²) in [5.74, 6) is 1.76. The van der Waals surface area contributed by atoms with Crippen LogP contribution >= 0.6 is 23.5 Å². The fraction of sp³-hybridized carbons (Fsp3) is 0.724. The first-order valence-corrected chi connectivity index (χ1v) is 16.3. The number of carbonyl (C=O) groups is 2. The standard InChI is InChI=1S/C29H50N2O2S2/c1-4-6-7-8-9-10-11-12-13-14-15-16-17-18-19-28(32)31-26-24-25(20-21-27(26)35-5-2)29(33)30-22-23-34-3/h20-21,24H,4-19,22-23H2,1-3H3,(H,30,33)(H,31,32). The highest BCUT2D eigenvalue weighted by Gasteiger charge is 2.12. The molecule has 2 N–H and O–H groups in total. The summed E-state index contributed by atoms with van der Waals surface area (Å²) in [5.41, 5.74) is 1.35. The highest BCUT2D eigenvalue weighted by Crippen LogP contribution is 2.28. The molecule has 1 aromatic carbocycles. The maximum atomic E-state index is 12.6. The van der Waals surface area contributed by atoms with Gasteiger partial charge in [-0.15, -0.1) is 11.8 Å². The molecule has 6 heteroatoms. The van der Waals surface area contributed by atoms with Crippen LogP contribution in [0.4, 0.5) is 5.69 Å². The van der Waals surface area contributed by atoms with Crippen molar-refractivity contribution < 1.29 is 9.59 Å². The van der Waals surface area contributed by atoms with Crippen molar-refractivity contribution in [1.29, 1.82) is 0 Å². The smallest absolute Gasteiger partial charge is 0.251 e. The second-order valence-electron chi connectivity index (χ2n) is 9.29. The zero-order valence-corrected chi connectivity index (χ0v) is 24.2. The van der Waals surface area contributed by atoms with Crippen LogP contribution in [0.25, 0.3) is 0 Å². The van der Waals surface area contributed by atoms with Gasteiger partial charge >= 0.3 is 0 Å². The highest BCUT2D eigenvalue weighted by atomic mass is 32.2. The summed E-state index contributed by atoms with van der Waals surface area (Å²) in [7, 11) is 0. The molecule has 35 heavy (non-hydrogen) atoms. The molecule has 0 aliphatic rings. The average molecular weight is 523 g/mol. The minimum atomic E-state index is -0.0884. The highest BCUT2D eigenvalue weighted by molar-refractivity contribution is 7.99. The lowest BCUT2D eigenvalue weighted by Gasteiger charge is -2.13. The number of hydrogen-bond acceptors (Lipinski definition) is 4. The van der Waals surface area contributed by atoms with E-state index >= 15 is 0 Å². The molecule has 0 spiro atoms. The van der Waals surface area contributed by atoms with Crippen molar-refractivity contribution in [3.05, 3.63) is 23.8 Å². The van der Waals surface area contributed by atoms with Crippen molar-refractivity contribution in [3.8, 4) is 0 Å². The van der Waals surface area contributed by atoms with Gasteiger partial charge in [-0.25, -0.2) is 0 Å². The fourth-order valence-corrected chi connectivity index (χ4v) is 5.16. The van der Waals surface area contributed by atoms with Gasteiger partial charge in [0.2, 0.25) is 5.91 Å². The van der Waals surface area contributed by atoms with Gasteiger partial charge in [-0.05, 0) is 36.6 Å². The molecule has 2 amide bonds. The van der Waals surface area contributed by atoms with E-state index in [1.54, 1.807) is 23.5 Å². The van der Waals surface area contributed by atoms with E-state index in [0.717, 1.165) is 34.9 Å². The van der Waals surface area contributed by atoms with E-state index in [2.05, 4.69) is 24.5 Å². The molecule has 0 atom stereocenters. The van der Waals surface area contributed by atoms with Gasteiger partial charge in [0.1, 0.15) is 0 Å². The Labute approximate surface area is 223 Å². The summed E-state index contributed by atoms with van der Waals surface area (Å²) in [6.45, 7) is 5.01. The number of rotatable bonds is 22. The molecule has 0 saturated carbocycles. The van der Waals surface area contributed by atoms with Crippen LogP contribution in [0.15, 0.2) is 23.1 Å². The Bertz CT molecular complexity index is 697. The Kier molecular flexibility index (Phi) is 20.1. The van der Waals surface area contributed by atoms with E-state index in [-0.39, 0.29) is 11.8 Å². The van der Waals surface area contributed by atoms with Gasteiger partial charge < -0.3 is 10.6 Å². The second-order valence-corrected chi connectivity index (χ2v) is 11.6. The summed E-state index contributed by atoms with van der Waals surface area (Å²) < 4.78 is 0. The summed E-state index contributed by atoms with van der Waals surface area (Å²) in [6.07, 6.45) is 20.9. The van der Waals surface area contributed by atoms with E-state index < -0.39 is 0 Å². The molecule has 0 aromatic heterocycles. The number of thioether (sulfide) groups is 2. The molecule has 0 unspecified atom stereocenters. The number of carbonyl (C=O) groups excluding carboxylic acids is 2. The molecule has 200 valence electrons. The van der Waals surface area contributed by atoms with Gasteiger partial charge in [0.05, 0.1) is 5.69 Å². The van der Waals surface area contributed by atoms with Gasteiger partial charge in [0.15, 0.2) is 0 Å². The lowest BCUT2D eigenvalue weighted by molar-refractivity contribution is -0.116. The topological polar surface area (TPSA) is 58.2 Å². The molecule has 0 aliphatic carbocycles. The van der Waals surface area contributed by atoms with Crippen molar-refractivity contribution in [3.63, 3.8) is 0 Å². The molecule has 0 heterocycles. The molecule has 1 aromatic rings. The Morgan fingerprint density at radius 2 is 1.37 bits per heavy atom. The third kappa shape index (κ3) is 16.3. The maximum Gasteiger partial charge on any atom is 0.251 e. The first-order valence-electron chi connectivity index (χ1n) is 14.0. The van der Waals surface area contributed by atoms with Crippen LogP contribution in [0, 0.1) is 0 Å². The minimum absolute atomic E-state index is 0.0434. The predicted molar refractivity (Wildman–Crippen MR) is 157 cm³/mol. The summed E-state index contributed by atoms with van der Waals surface area (Å²) >= 11 is 3.39. The monoisotopic (exact) mass is 522 g/mol. The maximum absolute atomic E-state index is 12.6. The quantitative estimate of drug-likeness (QED) is 0.118. The molecule has 0 aliphatic heterocycles. The zero-order chi connectivity index (χ0) is 25.6. The summed E-state index contributed by atoms with van der Waals surface area (Å²) in [6, 6.07) is 5.60. The molecular formula is C29H50N2O2S2. The first kappa shape index (κ1) is 31.9. The number of anilines is 1. The lowest BCUT2D eigenvalue weighted by atomic mass is 10.0. The molecule has 4 nitrogen and oxygen atoms in total. The Morgan fingerprint density at radius 3 is 1.91 bits per heavy atom. The minimum Gasteiger partial charge on any atom is -0.351 e. The van der Waals surface area contributed by atoms with Crippen molar-refractivity contribution in [2.24, 2.45) is 0 Å². The number of benzene rings is 1. The van der Waals surface area contributed by atoms with E-state index in [1.807, 2.05) is 24.5 Å². The molecular weight excluding hydrogens is 472 g/mol. The van der Waals surface area contributed by atoms with Crippen LogP contribution in [0.5, 0.6) is 0 Å². The molecule has 0 fully saturated rings. The SMILES string of the molecule is CCCCCCCCCCCCCCCCC(=O)Nc1cc(C(=O)NCCSC)ccc1SCC. The summed E-state index contributed by atoms with van der Waals surface area (Å²) in [5, 5.41) is 6.00. The Morgan fingerprint density at radius 1 is 0.800 bits per heavy atom. The van der Waals surface area contributed by atoms with E-state index in [9.17, 15) is 9.59 Å². The predicted octanol–water partition coefficient (Wildman–Crippen LogP) is 8.70. The number of hydrogen-bond donors (Lipinski definition) is 2. The van der Waals surface area contributed by atoms with E-state index in [0.29, 0.717) is 18.5 Å². The van der Waals surface area contributed by atoms with Crippen LogP contribution in [-0.2, 0) is 4.79 Å². The normalized spacial score (nSPS) is 10.9. The van der Waals surface area contributed by atoms with Gasteiger partial charge in [0, 0.05) is 29.2 Å². The third-order valence-corrected chi connectivity index (χ3v) is 7.73.